The summed E-state index contributed by atoms with van der Waals surface area (Å²) < 4.78 is 7.13. The largest absolute Gasteiger partial charge is 0.377 e. The number of benzene rings is 1. The molecule has 1 aromatic heterocycles. The lowest BCUT2D eigenvalue weighted by Gasteiger charge is -2.25. The molecule has 7 heteroatoms. The lowest BCUT2D eigenvalue weighted by atomic mass is 10.1. The molecule has 0 saturated heterocycles. The van der Waals surface area contributed by atoms with Crippen molar-refractivity contribution in [2.75, 3.05) is 20.2 Å². The fourth-order valence-corrected chi connectivity index (χ4v) is 3.30. The highest BCUT2D eigenvalue weighted by Crippen LogP contribution is 2.13. The van der Waals surface area contributed by atoms with E-state index in [1.54, 1.807) is 7.11 Å². The zero-order valence-corrected chi connectivity index (χ0v) is 16.3. The number of hydrogen-bond donors (Lipinski definition) is 2. The molecule has 3 rings (SSSR count). The zero-order chi connectivity index (χ0) is 18.9. The highest BCUT2D eigenvalue weighted by atomic mass is 16.5. The lowest BCUT2D eigenvalue weighted by molar-refractivity contribution is 0.177. The predicted octanol–water partition coefficient (Wildman–Crippen LogP) is 1.93. The quantitative estimate of drug-likeness (QED) is 0.422. The van der Waals surface area contributed by atoms with Crippen LogP contribution in [0.3, 0.4) is 0 Å². The van der Waals surface area contributed by atoms with Crippen molar-refractivity contribution in [3.63, 3.8) is 0 Å². The summed E-state index contributed by atoms with van der Waals surface area (Å²) in [6.07, 6.45) is 4.04. The second-order valence-electron chi connectivity index (χ2n) is 6.79. The summed E-state index contributed by atoms with van der Waals surface area (Å²) in [6, 6.07) is 10.9. The molecule has 7 nitrogen and oxygen atoms in total. The smallest absolute Gasteiger partial charge is 0.191 e. The van der Waals surface area contributed by atoms with Gasteiger partial charge in [-0.05, 0) is 31.7 Å². The van der Waals surface area contributed by atoms with E-state index in [2.05, 4.69) is 58.0 Å². The summed E-state index contributed by atoms with van der Waals surface area (Å²) in [5.41, 5.74) is 1.36. The highest BCUT2D eigenvalue weighted by molar-refractivity contribution is 5.80. The van der Waals surface area contributed by atoms with Gasteiger partial charge < -0.3 is 15.4 Å². The minimum absolute atomic E-state index is 0.307. The van der Waals surface area contributed by atoms with Crippen molar-refractivity contribution >= 4 is 5.96 Å². The summed E-state index contributed by atoms with van der Waals surface area (Å²) in [5.74, 6) is 2.69. The van der Waals surface area contributed by atoms with E-state index in [4.69, 9.17) is 9.73 Å². The van der Waals surface area contributed by atoms with Gasteiger partial charge in [0.05, 0.1) is 6.54 Å². The Morgan fingerprint density at radius 3 is 2.96 bits per heavy atom. The molecule has 0 fully saturated rings. The van der Waals surface area contributed by atoms with Crippen LogP contribution in [-0.2, 0) is 30.7 Å². The van der Waals surface area contributed by atoms with E-state index in [0.717, 1.165) is 62.9 Å². The van der Waals surface area contributed by atoms with E-state index in [1.165, 1.54) is 5.56 Å². The molecular weight excluding hydrogens is 340 g/mol. The average molecular weight is 371 g/mol. The van der Waals surface area contributed by atoms with Crippen molar-refractivity contribution < 1.29 is 4.74 Å². The van der Waals surface area contributed by atoms with E-state index >= 15 is 0 Å². The normalized spacial score (nSPS) is 16.8. The van der Waals surface area contributed by atoms with Gasteiger partial charge in [-0.25, -0.2) is 9.67 Å². The predicted molar refractivity (Wildman–Crippen MR) is 107 cm³/mol. The molecule has 1 aliphatic heterocycles. The first kappa shape index (κ1) is 19.4. The van der Waals surface area contributed by atoms with Crippen molar-refractivity contribution in [2.45, 2.75) is 51.8 Å². The number of nitrogens with one attached hydrogen (secondary N) is 2. The van der Waals surface area contributed by atoms with Gasteiger partial charge in [-0.2, -0.15) is 5.10 Å². The number of aliphatic imine (C=N–C) groups is 1. The topological polar surface area (TPSA) is 76.4 Å². The van der Waals surface area contributed by atoms with Gasteiger partial charge in [0, 0.05) is 32.7 Å². The number of hydrogen-bond acceptors (Lipinski definition) is 4. The van der Waals surface area contributed by atoms with E-state index in [-0.39, 0.29) is 0 Å². The molecule has 1 atom stereocenters. The Balaban J connectivity index is 1.51. The Morgan fingerprint density at radius 2 is 2.19 bits per heavy atom. The van der Waals surface area contributed by atoms with E-state index in [0.29, 0.717) is 12.6 Å². The molecule has 0 saturated carbocycles. The van der Waals surface area contributed by atoms with Gasteiger partial charge in [-0.15, -0.1) is 0 Å². The maximum Gasteiger partial charge on any atom is 0.191 e. The van der Waals surface area contributed by atoms with Crippen LogP contribution < -0.4 is 10.6 Å². The number of aryl methyl sites for hydroxylation is 2. The Hall–Kier alpha value is -2.41. The van der Waals surface area contributed by atoms with Crippen molar-refractivity contribution in [3.05, 3.63) is 47.5 Å². The lowest BCUT2D eigenvalue weighted by Crippen LogP contribution is -2.47. The molecule has 27 heavy (non-hydrogen) atoms. The number of ether oxygens (including phenoxy) is 1. The van der Waals surface area contributed by atoms with Crippen LogP contribution in [0.4, 0.5) is 0 Å². The third kappa shape index (κ3) is 5.79. The summed E-state index contributed by atoms with van der Waals surface area (Å²) in [4.78, 5) is 9.28. The molecular formula is C20H30N6O. The van der Waals surface area contributed by atoms with Gasteiger partial charge >= 0.3 is 0 Å². The molecule has 1 aliphatic rings. The molecule has 146 valence electrons. The van der Waals surface area contributed by atoms with Crippen LogP contribution in [0.1, 0.15) is 37.0 Å². The van der Waals surface area contributed by atoms with Crippen molar-refractivity contribution in [1.29, 1.82) is 0 Å². The van der Waals surface area contributed by atoms with Gasteiger partial charge in [0.25, 0.3) is 0 Å². The molecule has 0 radical (unpaired) electrons. The number of nitrogens with zero attached hydrogens (tertiary/aromatic N) is 4. The van der Waals surface area contributed by atoms with Gasteiger partial charge in [-0.1, -0.05) is 30.3 Å². The van der Waals surface area contributed by atoms with Crippen LogP contribution in [-0.4, -0.2) is 47.0 Å². The van der Waals surface area contributed by atoms with Gasteiger partial charge in [0.2, 0.25) is 0 Å². The summed E-state index contributed by atoms with van der Waals surface area (Å²) >= 11 is 0. The van der Waals surface area contributed by atoms with Gasteiger partial charge in [0.15, 0.2) is 11.8 Å². The number of methoxy groups -OCH3 is 1. The summed E-state index contributed by atoms with van der Waals surface area (Å²) in [7, 11) is 1.67. The molecule has 1 aromatic carbocycles. The zero-order valence-electron chi connectivity index (χ0n) is 16.3. The Kier molecular flexibility index (Phi) is 7.21. The first-order chi connectivity index (χ1) is 13.3. The monoisotopic (exact) mass is 370 g/mol. The molecule has 2 N–H and O–H groups in total. The Morgan fingerprint density at radius 1 is 1.33 bits per heavy atom. The third-order valence-corrected chi connectivity index (χ3v) is 4.60. The van der Waals surface area contributed by atoms with Crippen molar-refractivity contribution in [1.82, 2.24) is 25.4 Å². The number of rotatable bonds is 8. The van der Waals surface area contributed by atoms with E-state index in [1.807, 2.05) is 4.68 Å². The van der Waals surface area contributed by atoms with Gasteiger partial charge in [0.1, 0.15) is 12.4 Å². The van der Waals surface area contributed by atoms with Gasteiger partial charge in [-0.3, -0.25) is 4.99 Å². The SMILES string of the molecule is CCNC(=NCCCc1ccccc1)NC1CCc2nc(COC)nn2C1. The Labute approximate surface area is 161 Å². The van der Waals surface area contributed by atoms with Crippen LogP contribution in [0.15, 0.2) is 35.3 Å². The summed E-state index contributed by atoms with van der Waals surface area (Å²) in [5, 5.41) is 11.4. The number of aromatic nitrogens is 3. The Bertz CT molecular complexity index is 727. The van der Waals surface area contributed by atoms with Crippen molar-refractivity contribution in [2.24, 2.45) is 4.99 Å². The molecule has 0 amide bonds. The first-order valence-electron chi connectivity index (χ1n) is 9.78. The highest BCUT2D eigenvalue weighted by Gasteiger charge is 2.22. The fraction of sp³-hybridized carbons (Fsp3) is 0.550. The molecule has 2 aromatic rings. The van der Waals surface area contributed by atoms with Crippen LogP contribution in [0.25, 0.3) is 0 Å². The fourth-order valence-electron chi connectivity index (χ4n) is 3.30. The first-order valence-corrected chi connectivity index (χ1v) is 9.78. The molecule has 1 unspecified atom stereocenters. The van der Waals surface area contributed by atoms with E-state index < -0.39 is 0 Å². The van der Waals surface area contributed by atoms with Crippen molar-refractivity contribution in [3.8, 4) is 0 Å². The minimum atomic E-state index is 0.307. The average Bonchev–Trinajstić information content (AvgIpc) is 3.08. The second kappa shape index (κ2) is 10.1. The molecule has 0 bridgehead atoms. The standard InChI is InChI=1S/C20H30N6O/c1-3-21-20(22-13-7-10-16-8-5-4-6-9-16)23-17-11-12-19-24-18(15-27-2)25-26(19)14-17/h4-6,8-9,17H,3,7,10-15H2,1-2H3,(H2,21,22,23). The molecule has 0 spiro atoms. The van der Waals surface area contributed by atoms with E-state index in [9.17, 15) is 0 Å². The van der Waals surface area contributed by atoms with Crippen LogP contribution in [0.5, 0.6) is 0 Å². The summed E-state index contributed by atoms with van der Waals surface area (Å²) in [6.45, 7) is 5.02. The molecule has 0 aliphatic carbocycles. The van der Waals surface area contributed by atoms with Crippen LogP contribution in [0.2, 0.25) is 0 Å². The number of fused-ring (bicyclic) bond motifs is 1. The maximum atomic E-state index is 5.13. The maximum absolute atomic E-state index is 5.13. The van der Waals surface area contributed by atoms with Crippen LogP contribution in [0, 0.1) is 0 Å². The minimum Gasteiger partial charge on any atom is -0.377 e. The second-order valence-corrected chi connectivity index (χ2v) is 6.79. The number of guanidine groups is 1. The van der Waals surface area contributed by atoms with Crippen LogP contribution >= 0.6 is 0 Å². The third-order valence-electron chi connectivity index (χ3n) is 4.60. The molecule has 2 heterocycles.